The average molecular weight is 309 g/mol. The molecule has 0 radical (unpaired) electrons. The molecule has 114 valence electrons. The third-order valence-corrected chi connectivity index (χ3v) is 6.37. The minimum absolute atomic E-state index is 0.566. The Morgan fingerprint density at radius 1 is 1.05 bits per heavy atom. The molecule has 2 aromatic rings. The fraction of sp³-hybridized carbons (Fsp3) is 0.400. The third kappa shape index (κ3) is 2.39. The molecular weight excluding hydrogens is 286 g/mol. The van der Waals surface area contributed by atoms with E-state index < -0.39 is 0 Å². The summed E-state index contributed by atoms with van der Waals surface area (Å²) in [4.78, 5) is 5.44. The largest absolute Gasteiger partial charge is 0.306 e. The predicted molar refractivity (Wildman–Crippen MR) is 93.8 cm³/mol. The van der Waals surface area contributed by atoms with Crippen LogP contribution in [0, 0.1) is 12.8 Å². The van der Waals surface area contributed by atoms with Crippen LogP contribution in [0.15, 0.2) is 52.3 Å². The van der Waals surface area contributed by atoms with Crippen LogP contribution in [0.3, 0.4) is 0 Å². The lowest BCUT2D eigenvalue weighted by Crippen LogP contribution is -2.36. The zero-order valence-corrected chi connectivity index (χ0v) is 14.2. The van der Waals surface area contributed by atoms with Gasteiger partial charge in [-0.05, 0) is 68.1 Å². The summed E-state index contributed by atoms with van der Waals surface area (Å²) in [5, 5.41) is 0. The van der Waals surface area contributed by atoms with Crippen molar-refractivity contribution in [2.75, 3.05) is 20.1 Å². The molecular formula is C20H23NS. The minimum atomic E-state index is 0.566. The molecule has 22 heavy (non-hydrogen) atoms. The van der Waals surface area contributed by atoms with Gasteiger partial charge in [-0.1, -0.05) is 42.1 Å². The quantitative estimate of drug-likeness (QED) is 0.734. The average Bonchev–Trinajstić information content (AvgIpc) is 2.53. The van der Waals surface area contributed by atoms with Crippen LogP contribution in [0.5, 0.6) is 0 Å². The summed E-state index contributed by atoms with van der Waals surface area (Å²) in [6.07, 6.45) is 2.68. The van der Waals surface area contributed by atoms with Gasteiger partial charge in [0.05, 0.1) is 0 Å². The van der Waals surface area contributed by atoms with E-state index in [2.05, 4.69) is 61.3 Å². The molecule has 2 atom stereocenters. The number of aryl methyl sites for hydroxylation is 1. The Labute approximate surface area is 137 Å². The maximum atomic E-state index is 2.51. The van der Waals surface area contributed by atoms with E-state index in [1.165, 1.54) is 41.3 Å². The molecule has 0 spiro atoms. The topological polar surface area (TPSA) is 3.24 Å². The van der Waals surface area contributed by atoms with Crippen molar-refractivity contribution in [3.63, 3.8) is 0 Å². The summed E-state index contributed by atoms with van der Waals surface area (Å²) in [5.74, 6) is 1.30. The SMILES string of the molecule is Cc1cccc2c1C(C1CCCN(C)C1)c1ccccc1S2. The van der Waals surface area contributed by atoms with Crippen molar-refractivity contribution < 1.29 is 0 Å². The first-order valence-corrected chi connectivity index (χ1v) is 9.10. The van der Waals surface area contributed by atoms with Crippen LogP contribution in [0.1, 0.15) is 35.4 Å². The van der Waals surface area contributed by atoms with E-state index in [0.29, 0.717) is 5.92 Å². The lowest BCUT2D eigenvalue weighted by atomic mass is 9.75. The van der Waals surface area contributed by atoms with Gasteiger partial charge in [0.1, 0.15) is 0 Å². The minimum Gasteiger partial charge on any atom is -0.306 e. The molecule has 0 N–H and O–H groups in total. The van der Waals surface area contributed by atoms with Gasteiger partial charge in [-0.3, -0.25) is 0 Å². The first kappa shape index (κ1) is 14.3. The molecule has 0 saturated carbocycles. The van der Waals surface area contributed by atoms with Crippen molar-refractivity contribution >= 4 is 11.8 Å². The van der Waals surface area contributed by atoms with E-state index in [1.807, 2.05) is 11.8 Å². The van der Waals surface area contributed by atoms with Crippen molar-refractivity contribution in [3.8, 4) is 0 Å². The standard InChI is InChI=1S/C20H23NS/c1-14-7-5-11-18-19(14)20(15-8-6-12-21(2)13-15)16-9-3-4-10-17(16)22-18/h3-5,7,9-11,15,20H,6,8,12-13H2,1-2H3. The zero-order valence-electron chi connectivity index (χ0n) is 13.4. The molecule has 0 amide bonds. The summed E-state index contributed by atoms with van der Waals surface area (Å²) < 4.78 is 0. The van der Waals surface area contributed by atoms with Gasteiger partial charge in [-0.15, -0.1) is 0 Å². The molecule has 4 rings (SSSR count). The maximum absolute atomic E-state index is 2.51. The lowest BCUT2D eigenvalue weighted by Gasteiger charge is -2.39. The second-order valence-electron chi connectivity index (χ2n) is 6.77. The smallest absolute Gasteiger partial charge is 0.0163 e. The van der Waals surface area contributed by atoms with Crippen molar-refractivity contribution in [2.24, 2.45) is 5.92 Å². The molecule has 2 heteroatoms. The number of hydrogen-bond acceptors (Lipinski definition) is 2. The summed E-state index contributed by atoms with van der Waals surface area (Å²) in [6, 6.07) is 15.8. The molecule has 2 aliphatic heterocycles. The number of nitrogens with zero attached hydrogens (tertiary/aromatic N) is 1. The Kier molecular flexibility index (Phi) is 3.75. The summed E-state index contributed by atoms with van der Waals surface area (Å²) >= 11 is 1.95. The summed E-state index contributed by atoms with van der Waals surface area (Å²) in [7, 11) is 2.27. The Hall–Kier alpha value is -1.25. The highest BCUT2D eigenvalue weighted by atomic mass is 32.2. The highest BCUT2D eigenvalue weighted by molar-refractivity contribution is 7.99. The van der Waals surface area contributed by atoms with E-state index >= 15 is 0 Å². The van der Waals surface area contributed by atoms with Crippen LogP contribution < -0.4 is 0 Å². The van der Waals surface area contributed by atoms with Gasteiger partial charge < -0.3 is 4.90 Å². The molecule has 2 unspecified atom stereocenters. The van der Waals surface area contributed by atoms with Gasteiger partial charge in [0.25, 0.3) is 0 Å². The Morgan fingerprint density at radius 3 is 2.73 bits per heavy atom. The maximum Gasteiger partial charge on any atom is 0.0163 e. The Bertz CT molecular complexity index is 694. The van der Waals surface area contributed by atoms with Crippen LogP contribution in [-0.4, -0.2) is 25.0 Å². The van der Waals surface area contributed by atoms with Gasteiger partial charge in [0.15, 0.2) is 0 Å². The second-order valence-corrected chi connectivity index (χ2v) is 7.85. The van der Waals surface area contributed by atoms with Gasteiger partial charge in [0.2, 0.25) is 0 Å². The monoisotopic (exact) mass is 309 g/mol. The van der Waals surface area contributed by atoms with Crippen LogP contribution in [0.2, 0.25) is 0 Å². The number of hydrogen-bond donors (Lipinski definition) is 0. The van der Waals surface area contributed by atoms with Crippen LogP contribution in [-0.2, 0) is 0 Å². The fourth-order valence-electron chi connectivity index (χ4n) is 4.21. The number of piperidine rings is 1. The van der Waals surface area contributed by atoms with Crippen LogP contribution >= 0.6 is 11.8 Å². The van der Waals surface area contributed by atoms with Gasteiger partial charge >= 0.3 is 0 Å². The zero-order chi connectivity index (χ0) is 15.1. The Morgan fingerprint density at radius 2 is 1.86 bits per heavy atom. The van der Waals surface area contributed by atoms with Crippen molar-refractivity contribution in [2.45, 2.75) is 35.5 Å². The summed E-state index contributed by atoms with van der Waals surface area (Å²) in [5.41, 5.74) is 4.60. The molecule has 1 fully saturated rings. The molecule has 0 bridgehead atoms. The molecule has 2 aromatic carbocycles. The Balaban J connectivity index is 1.85. The molecule has 0 aromatic heterocycles. The molecule has 1 saturated heterocycles. The van der Waals surface area contributed by atoms with Crippen LogP contribution in [0.25, 0.3) is 0 Å². The van der Waals surface area contributed by atoms with E-state index in [4.69, 9.17) is 0 Å². The number of benzene rings is 2. The molecule has 2 aliphatic rings. The van der Waals surface area contributed by atoms with E-state index in [9.17, 15) is 0 Å². The first-order chi connectivity index (χ1) is 10.7. The highest BCUT2D eigenvalue weighted by Gasteiger charge is 2.34. The van der Waals surface area contributed by atoms with Crippen LogP contribution in [0.4, 0.5) is 0 Å². The van der Waals surface area contributed by atoms with E-state index in [1.54, 1.807) is 11.1 Å². The van der Waals surface area contributed by atoms with Crippen molar-refractivity contribution in [1.29, 1.82) is 0 Å². The highest BCUT2D eigenvalue weighted by Crippen LogP contribution is 2.51. The van der Waals surface area contributed by atoms with E-state index in [-0.39, 0.29) is 0 Å². The number of fused-ring (bicyclic) bond motifs is 2. The fourth-order valence-corrected chi connectivity index (χ4v) is 5.45. The second kappa shape index (κ2) is 5.75. The third-order valence-electron chi connectivity index (χ3n) is 5.20. The van der Waals surface area contributed by atoms with Crippen molar-refractivity contribution in [3.05, 3.63) is 59.2 Å². The number of rotatable bonds is 1. The van der Waals surface area contributed by atoms with Gasteiger partial charge in [0, 0.05) is 22.3 Å². The van der Waals surface area contributed by atoms with Crippen molar-refractivity contribution in [1.82, 2.24) is 4.90 Å². The molecule has 1 nitrogen and oxygen atoms in total. The van der Waals surface area contributed by atoms with Gasteiger partial charge in [-0.2, -0.15) is 0 Å². The normalized spacial score (nSPS) is 24.6. The van der Waals surface area contributed by atoms with E-state index in [0.717, 1.165) is 5.92 Å². The summed E-state index contributed by atoms with van der Waals surface area (Å²) in [6.45, 7) is 4.75. The number of likely N-dealkylation sites (tertiary alicyclic amines) is 1. The molecule has 0 aliphatic carbocycles. The predicted octanol–water partition coefficient (Wildman–Crippen LogP) is 4.93. The first-order valence-electron chi connectivity index (χ1n) is 8.29. The van der Waals surface area contributed by atoms with Gasteiger partial charge in [-0.25, -0.2) is 0 Å². The lowest BCUT2D eigenvalue weighted by molar-refractivity contribution is 0.195. The molecule has 2 heterocycles.